The van der Waals surface area contributed by atoms with Crippen molar-refractivity contribution in [1.29, 1.82) is 0 Å². The number of carbonyl (C=O) groups is 2. The fourth-order valence-electron chi connectivity index (χ4n) is 1.12. The van der Waals surface area contributed by atoms with Crippen molar-refractivity contribution >= 4 is 11.9 Å². The predicted molar refractivity (Wildman–Crippen MR) is 67.7 cm³/mol. The molecule has 0 heterocycles. The van der Waals surface area contributed by atoms with Gasteiger partial charge in [-0.2, -0.15) is 0 Å². The molecular weight excluding hydrogens is 263 g/mol. The molecule has 0 saturated carbocycles. The van der Waals surface area contributed by atoms with Crippen LogP contribution in [0.25, 0.3) is 0 Å². The summed E-state index contributed by atoms with van der Waals surface area (Å²) in [6.45, 7) is 1.46. The van der Waals surface area contributed by atoms with Crippen LogP contribution in [0, 0.1) is 0 Å². The molecule has 0 amide bonds. The molecule has 0 unspecified atom stereocenters. The van der Waals surface area contributed by atoms with Crippen LogP contribution in [0.4, 0.5) is 0 Å². The van der Waals surface area contributed by atoms with E-state index in [-0.39, 0.29) is 31.0 Å². The molecule has 0 aromatic rings. The largest absolute Gasteiger partial charge is 1.00 e. The van der Waals surface area contributed by atoms with Gasteiger partial charge in [0.25, 0.3) is 0 Å². The summed E-state index contributed by atoms with van der Waals surface area (Å²) in [5.41, 5.74) is 0. The quantitative estimate of drug-likeness (QED) is 0.338. The van der Waals surface area contributed by atoms with E-state index in [0.29, 0.717) is 6.61 Å². The number of rotatable bonds is 10. The van der Waals surface area contributed by atoms with Gasteiger partial charge in [-0.05, 0) is 6.42 Å². The standard InChI is InChI=1S/C8H18O.C4H6O5.Na.H/c1-2-3-4-5-6-7-8-9;5-3(6)1-9-2-4(7)8;;/h9H,2-8H2,1H3;1-2H2,(H,5,6)(H,7,8);;/q;;+1;-1. The summed E-state index contributed by atoms with van der Waals surface area (Å²) in [7, 11) is 0. The SMILES string of the molecule is CCCCCCCCO.O=C(O)COCC(=O)O.[H-].[Na+]. The van der Waals surface area contributed by atoms with Crippen LogP contribution in [0.1, 0.15) is 46.9 Å². The summed E-state index contributed by atoms with van der Waals surface area (Å²) in [5.74, 6) is -2.34. The van der Waals surface area contributed by atoms with Crippen molar-refractivity contribution in [2.75, 3.05) is 19.8 Å². The second-order valence-electron chi connectivity index (χ2n) is 3.77. The van der Waals surface area contributed by atoms with Crippen molar-refractivity contribution in [2.45, 2.75) is 45.4 Å². The zero-order valence-corrected chi connectivity index (χ0v) is 13.9. The van der Waals surface area contributed by atoms with Gasteiger partial charge < -0.3 is 21.5 Å². The van der Waals surface area contributed by atoms with E-state index in [1.54, 1.807) is 0 Å². The number of aliphatic hydroxyl groups excluding tert-OH is 1. The van der Waals surface area contributed by atoms with Crippen molar-refractivity contribution < 1.29 is 60.6 Å². The zero-order valence-electron chi connectivity index (χ0n) is 12.9. The third kappa shape index (κ3) is 31.9. The van der Waals surface area contributed by atoms with Crippen molar-refractivity contribution in [1.82, 2.24) is 0 Å². The van der Waals surface area contributed by atoms with Gasteiger partial charge in [-0.3, -0.25) is 0 Å². The summed E-state index contributed by atoms with van der Waals surface area (Å²) in [6, 6.07) is 0. The number of hydrogen-bond donors (Lipinski definition) is 3. The Bertz CT molecular complexity index is 196. The Kier molecular flexibility index (Phi) is 25.4. The molecule has 0 spiro atoms. The van der Waals surface area contributed by atoms with Gasteiger partial charge in [0.2, 0.25) is 0 Å². The number of aliphatic carboxylic acids is 2. The molecule has 0 fully saturated rings. The summed E-state index contributed by atoms with van der Waals surface area (Å²) in [6.07, 6.45) is 7.50. The molecule has 0 aliphatic heterocycles. The van der Waals surface area contributed by atoms with Gasteiger partial charge in [-0.1, -0.05) is 39.0 Å². The number of ether oxygens (including phenoxy) is 1. The van der Waals surface area contributed by atoms with E-state index in [1.807, 2.05) is 0 Å². The van der Waals surface area contributed by atoms with E-state index in [2.05, 4.69) is 11.7 Å². The first kappa shape index (κ1) is 23.9. The summed E-state index contributed by atoms with van der Waals surface area (Å²) >= 11 is 0. The number of hydrogen-bond acceptors (Lipinski definition) is 4. The number of unbranched alkanes of at least 4 members (excludes halogenated alkanes) is 5. The molecule has 0 bridgehead atoms. The maximum Gasteiger partial charge on any atom is 1.00 e. The zero-order chi connectivity index (χ0) is 14.2. The molecule has 0 saturated heterocycles. The van der Waals surface area contributed by atoms with Crippen LogP contribution in [0.5, 0.6) is 0 Å². The second-order valence-corrected chi connectivity index (χ2v) is 3.77. The van der Waals surface area contributed by atoms with E-state index in [9.17, 15) is 9.59 Å². The molecule has 19 heavy (non-hydrogen) atoms. The minimum atomic E-state index is -1.17. The Morgan fingerprint density at radius 3 is 1.74 bits per heavy atom. The molecule has 0 aliphatic rings. The first-order chi connectivity index (χ1) is 8.54. The van der Waals surface area contributed by atoms with Crippen LogP contribution in [0.2, 0.25) is 0 Å². The van der Waals surface area contributed by atoms with Gasteiger partial charge in [-0.25, -0.2) is 9.59 Å². The van der Waals surface area contributed by atoms with Gasteiger partial charge in [0.05, 0.1) is 0 Å². The first-order valence-corrected chi connectivity index (χ1v) is 6.16. The topological polar surface area (TPSA) is 104 Å². The Morgan fingerprint density at radius 2 is 1.37 bits per heavy atom. The Balaban J connectivity index is -0.000000116. The van der Waals surface area contributed by atoms with Gasteiger partial charge in [-0.15, -0.1) is 0 Å². The van der Waals surface area contributed by atoms with Gasteiger partial charge in [0.15, 0.2) is 0 Å². The van der Waals surface area contributed by atoms with E-state index >= 15 is 0 Å². The van der Waals surface area contributed by atoms with E-state index in [0.717, 1.165) is 6.42 Å². The van der Waals surface area contributed by atoms with E-state index in [1.165, 1.54) is 32.1 Å². The van der Waals surface area contributed by atoms with Crippen LogP contribution in [-0.4, -0.2) is 47.1 Å². The van der Waals surface area contributed by atoms with Crippen molar-refractivity contribution in [3.63, 3.8) is 0 Å². The maximum atomic E-state index is 9.66. The average molecular weight is 288 g/mol. The van der Waals surface area contributed by atoms with Crippen molar-refractivity contribution in [3.8, 4) is 0 Å². The molecular formula is C12H25NaO6. The summed E-state index contributed by atoms with van der Waals surface area (Å²) in [5, 5.41) is 24.2. The van der Waals surface area contributed by atoms with E-state index < -0.39 is 25.2 Å². The van der Waals surface area contributed by atoms with Gasteiger partial charge >= 0.3 is 41.5 Å². The molecule has 0 aliphatic carbocycles. The molecule has 7 heteroatoms. The van der Waals surface area contributed by atoms with Crippen LogP contribution in [0.15, 0.2) is 0 Å². The fourth-order valence-corrected chi connectivity index (χ4v) is 1.12. The average Bonchev–Trinajstić information content (AvgIpc) is 2.29. The van der Waals surface area contributed by atoms with Crippen molar-refractivity contribution in [2.24, 2.45) is 0 Å². The Labute approximate surface area is 137 Å². The normalized spacial score (nSPS) is 8.95. The van der Waals surface area contributed by atoms with Gasteiger partial charge in [0.1, 0.15) is 13.2 Å². The third-order valence-corrected chi connectivity index (χ3v) is 1.96. The second kappa shape index (κ2) is 20.2. The summed E-state index contributed by atoms with van der Waals surface area (Å²) in [4.78, 5) is 19.3. The molecule has 0 rings (SSSR count). The minimum absolute atomic E-state index is 0. The monoisotopic (exact) mass is 288 g/mol. The molecule has 0 atom stereocenters. The first-order valence-electron chi connectivity index (χ1n) is 6.16. The Hall–Kier alpha value is -0.140. The molecule has 6 nitrogen and oxygen atoms in total. The van der Waals surface area contributed by atoms with E-state index in [4.69, 9.17) is 15.3 Å². The van der Waals surface area contributed by atoms with Gasteiger partial charge in [0, 0.05) is 6.61 Å². The van der Waals surface area contributed by atoms with Crippen LogP contribution in [-0.2, 0) is 14.3 Å². The molecule has 0 aromatic carbocycles. The van der Waals surface area contributed by atoms with Crippen molar-refractivity contribution in [3.05, 3.63) is 0 Å². The van der Waals surface area contributed by atoms with Crippen LogP contribution in [0.3, 0.4) is 0 Å². The number of carboxylic acid groups (broad SMARTS) is 2. The molecule has 110 valence electrons. The number of carboxylic acids is 2. The Morgan fingerprint density at radius 1 is 0.947 bits per heavy atom. The summed E-state index contributed by atoms with van der Waals surface area (Å²) < 4.78 is 4.16. The van der Waals surface area contributed by atoms with Crippen LogP contribution < -0.4 is 29.6 Å². The fraction of sp³-hybridized carbons (Fsp3) is 0.833. The predicted octanol–water partition coefficient (Wildman–Crippen LogP) is -1.37. The molecule has 0 radical (unpaired) electrons. The molecule has 0 aromatic heterocycles. The minimum Gasteiger partial charge on any atom is -1.00 e. The number of aliphatic hydroxyl groups is 1. The third-order valence-electron chi connectivity index (χ3n) is 1.96. The van der Waals surface area contributed by atoms with Crippen LogP contribution >= 0.6 is 0 Å². The maximum absolute atomic E-state index is 9.66. The molecule has 3 N–H and O–H groups in total. The smallest absolute Gasteiger partial charge is 1.00 e.